The SMILES string of the molecule is [I][GeH][I].[I][GeH][I]. The third kappa shape index (κ3) is 24.5. The minimum atomic E-state index is 0.252. The van der Waals surface area contributed by atoms with Gasteiger partial charge in [0.2, 0.25) is 0 Å². The van der Waals surface area contributed by atoms with Gasteiger partial charge in [-0.25, -0.2) is 0 Å². The fraction of sp³-hybridized carbons (Fsp3) is 0. The normalized spacial score (nSPS) is 6.00. The standard InChI is InChI=1S/2GeHI2/c2*2-1-3/h2*1H. The van der Waals surface area contributed by atoms with E-state index < -0.39 is 0 Å². The van der Waals surface area contributed by atoms with Crippen LogP contribution >= 0.6 is 80.9 Å². The topological polar surface area (TPSA) is 0 Å². The molecule has 0 amide bonds. The number of halogens is 4. The Morgan fingerprint density at radius 3 is 0.667 bits per heavy atom. The van der Waals surface area contributed by atoms with Gasteiger partial charge in [-0.2, -0.15) is 0 Å². The van der Waals surface area contributed by atoms with Gasteiger partial charge in [-0.1, -0.05) is 0 Å². The minimum absolute atomic E-state index is 0.252. The zero-order valence-electron chi connectivity index (χ0n) is 2.67. The van der Waals surface area contributed by atoms with Crippen molar-refractivity contribution in [2.24, 2.45) is 0 Å². The molecule has 0 aliphatic heterocycles. The van der Waals surface area contributed by atoms with Crippen LogP contribution in [-0.2, 0) is 0 Å². The van der Waals surface area contributed by atoms with Crippen LogP contribution in [0.2, 0.25) is 0 Å². The predicted molar refractivity (Wildman–Crippen MR) is 70.4 cm³/mol. The van der Waals surface area contributed by atoms with Gasteiger partial charge in [-0.15, -0.1) is 0 Å². The first-order chi connectivity index (χ1) is 2.83. The van der Waals surface area contributed by atoms with Crippen LogP contribution in [0.4, 0.5) is 0 Å². The van der Waals surface area contributed by atoms with Crippen LogP contribution in [0.1, 0.15) is 0 Å². The number of hydrogen-bond acceptors (Lipinski definition) is 0. The Bertz CT molecular complexity index is 7.51. The van der Waals surface area contributed by atoms with E-state index in [0.29, 0.717) is 0 Å². The van der Waals surface area contributed by atoms with Crippen molar-refractivity contribution in [2.75, 3.05) is 0 Å². The quantitative estimate of drug-likeness (QED) is 0.278. The second-order valence-corrected chi connectivity index (χ2v) is 38.6. The van der Waals surface area contributed by atoms with Crippen molar-refractivity contribution in [1.29, 1.82) is 0 Å². The monoisotopic (exact) mass is 657 g/mol. The van der Waals surface area contributed by atoms with Gasteiger partial charge in [-0.3, -0.25) is 0 Å². The molecule has 6 heteroatoms. The van der Waals surface area contributed by atoms with Gasteiger partial charge in [0.25, 0.3) is 0 Å². The molecule has 0 N–H and O–H groups in total. The molecular formula is H2Ge2I4. The van der Waals surface area contributed by atoms with Gasteiger partial charge in [0.1, 0.15) is 0 Å². The molecule has 0 saturated heterocycles. The maximum atomic E-state index is 2.43. The van der Waals surface area contributed by atoms with Gasteiger partial charge in [0.05, 0.1) is 0 Å². The van der Waals surface area contributed by atoms with E-state index in [1.54, 1.807) is 0 Å². The Labute approximate surface area is 95.5 Å². The molecule has 0 bridgehead atoms. The number of hydrogen-bond donors (Lipinski definition) is 0. The molecule has 0 spiro atoms. The molecule has 2 radical (unpaired) electrons. The zero-order chi connectivity index (χ0) is 5.41. The Hall–Kier alpha value is 4.01. The second-order valence-electron chi connectivity index (χ2n) is 0.165. The molecule has 0 saturated carbocycles. The molecule has 0 fully saturated rings. The summed E-state index contributed by atoms with van der Waals surface area (Å²) < 4.78 is 0. The van der Waals surface area contributed by atoms with Crippen molar-refractivity contribution in [3.05, 3.63) is 0 Å². The van der Waals surface area contributed by atoms with Crippen molar-refractivity contribution in [2.45, 2.75) is 0 Å². The summed E-state index contributed by atoms with van der Waals surface area (Å²) in [5.74, 6) is 0. The van der Waals surface area contributed by atoms with Crippen LogP contribution in [0.25, 0.3) is 0 Å². The summed E-state index contributed by atoms with van der Waals surface area (Å²) >= 11 is 9.73. The Kier molecular flexibility index (Phi) is 33.8. The summed E-state index contributed by atoms with van der Waals surface area (Å²) in [6.07, 6.45) is 0. The first-order valence-corrected chi connectivity index (χ1v) is 30.4. The summed E-state index contributed by atoms with van der Waals surface area (Å²) in [6.45, 7) is 0. The van der Waals surface area contributed by atoms with E-state index >= 15 is 0 Å². The van der Waals surface area contributed by atoms with E-state index in [1.807, 2.05) is 0 Å². The molecule has 0 unspecified atom stereocenters. The van der Waals surface area contributed by atoms with Gasteiger partial charge in [0.15, 0.2) is 0 Å². The van der Waals surface area contributed by atoms with Crippen molar-refractivity contribution in [3.8, 4) is 0 Å². The molecule has 0 nitrogen and oxygen atoms in total. The third-order valence-corrected chi connectivity index (χ3v) is 0. The van der Waals surface area contributed by atoms with Gasteiger partial charge in [-0.05, 0) is 0 Å². The van der Waals surface area contributed by atoms with Gasteiger partial charge < -0.3 is 0 Å². The van der Waals surface area contributed by atoms with Crippen LogP contribution in [0.5, 0.6) is 0 Å². The van der Waals surface area contributed by atoms with E-state index in [2.05, 4.69) is 80.9 Å². The van der Waals surface area contributed by atoms with Crippen LogP contribution in [0, 0.1) is 0 Å². The van der Waals surface area contributed by atoms with Crippen LogP contribution in [-0.4, -0.2) is 17.6 Å². The first kappa shape index (κ1) is 12.7. The van der Waals surface area contributed by atoms with E-state index in [-0.39, 0.29) is 17.6 Å². The van der Waals surface area contributed by atoms with E-state index in [0.717, 1.165) is 0 Å². The van der Waals surface area contributed by atoms with Crippen molar-refractivity contribution in [1.82, 2.24) is 0 Å². The summed E-state index contributed by atoms with van der Waals surface area (Å²) in [5.41, 5.74) is 0. The van der Waals surface area contributed by atoms with Gasteiger partial charge >= 0.3 is 98.5 Å². The Morgan fingerprint density at radius 2 is 0.667 bits per heavy atom. The Balaban J connectivity index is 0. The van der Waals surface area contributed by atoms with Crippen molar-refractivity contribution >= 4 is 98.5 Å². The summed E-state index contributed by atoms with van der Waals surface area (Å²) in [6, 6.07) is 0. The van der Waals surface area contributed by atoms with Crippen LogP contribution < -0.4 is 0 Å². The van der Waals surface area contributed by atoms with Crippen molar-refractivity contribution < 1.29 is 0 Å². The van der Waals surface area contributed by atoms with Crippen LogP contribution in [0.15, 0.2) is 0 Å². The Morgan fingerprint density at radius 1 is 0.667 bits per heavy atom. The molecule has 0 aromatic carbocycles. The molecule has 38 valence electrons. The molecule has 0 aliphatic carbocycles. The third-order valence-electron chi connectivity index (χ3n) is 0. The van der Waals surface area contributed by atoms with Crippen molar-refractivity contribution in [3.63, 3.8) is 0 Å². The van der Waals surface area contributed by atoms with Crippen LogP contribution in [0.3, 0.4) is 0 Å². The number of rotatable bonds is 0. The van der Waals surface area contributed by atoms with Gasteiger partial charge in [0, 0.05) is 0 Å². The molecular weight excluding hydrogens is 653 g/mol. The molecule has 0 aliphatic rings. The molecule has 0 heterocycles. The maximum absolute atomic E-state index is 2.43. The second kappa shape index (κ2) is 16.0. The molecule has 0 atom stereocenters. The first-order valence-electron chi connectivity index (χ1n) is 0.873. The molecule has 0 aromatic rings. The predicted octanol–water partition coefficient (Wildman–Crippen LogP) is 2.25. The molecule has 6 heavy (non-hydrogen) atoms. The van der Waals surface area contributed by atoms with E-state index in [9.17, 15) is 0 Å². The summed E-state index contributed by atoms with van der Waals surface area (Å²) in [5, 5.41) is 0. The fourth-order valence-electron chi connectivity index (χ4n) is 0. The average molecular weight is 655 g/mol. The van der Waals surface area contributed by atoms with E-state index in [1.165, 1.54) is 0 Å². The summed E-state index contributed by atoms with van der Waals surface area (Å²) in [4.78, 5) is 0. The summed E-state index contributed by atoms with van der Waals surface area (Å²) in [7, 11) is 0.505. The zero-order valence-corrected chi connectivity index (χ0v) is 16.1. The average Bonchev–Trinajstić information content (AvgIpc) is 1.39. The van der Waals surface area contributed by atoms with E-state index in [4.69, 9.17) is 0 Å². The molecule has 0 rings (SSSR count). The molecule has 0 aromatic heterocycles. The fourth-order valence-corrected chi connectivity index (χ4v) is 0.